The Morgan fingerprint density at radius 2 is 2.26 bits per heavy atom. The molecule has 0 saturated carbocycles. The largest absolute Gasteiger partial charge is 0.464 e. The highest BCUT2D eigenvalue weighted by molar-refractivity contribution is 5.88. The molecule has 0 aromatic carbocycles. The Labute approximate surface area is 133 Å². The Morgan fingerprint density at radius 3 is 2.96 bits per heavy atom. The van der Waals surface area contributed by atoms with Crippen LogP contribution < -0.4 is 5.56 Å². The van der Waals surface area contributed by atoms with Crippen LogP contribution in [0.2, 0.25) is 0 Å². The van der Waals surface area contributed by atoms with Crippen molar-refractivity contribution in [3.05, 3.63) is 39.9 Å². The van der Waals surface area contributed by atoms with Gasteiger partial charge in [0, 0.05) is 6.61 Å². The molecule has 0 radical (unpaired) electrons. The van der Waals surface area contributed by atoms with Gasteiger partial charge in [-0.3, -0.25) is 4.79 Å². The summed E-state index contributed by atoms with van der Waals surface area (Å²) in [4.78, 5) is 27.3. The van der Waals surface area contributed by atoms with E-state index in [-0.39, 0.29) is 11.8 Å². The second kappa shape index (κ2) is 6.37. The molecule has 0 aliphatic carbocycles. The highest BCUT2D eigenvalue weighted by Crippen LogP contribution is 2.23. The lowest BCUT2D eigenvalue weighted by Gasteiger charge is -2.23. The standard InChI is InChI=1S/C16H19N3O4/c1-10-9-17-19(13-5-3-4-8-23-13)15(20)14(10)11-6-7-12(18-11)16(21)22-2/h6-7,9,13,18H,3-5,8H2,1-2H3. The van der Waals surface area contributed by atoms with E-state index in [4.69, 9.17) is 4.74 Å². The predicted molar refractivity (Wildman–Crippen MR) is 83.2 cm³/mol. The molecule has 1 unspecified atom stereocenters. The van der Waals surface area contributed by atoms with Crippen molar-refractivity contribution in [2.45, 2.75) is 32.4 Å². The smallest absolute Gasteiger partial charge is 0.354 e. The Kier molecular flexibility index (Phi) is 4.29. The molecule has 1 aliphatic heterocycles. The van der Waals surface area contributed by atoms with Crippen molar-refractivity contribution in [2.24, 2.45) is 0 Å². The van der Waals surface area contributed by atoms with E-state index in [0.29, 0.717) is 23.6 Å². The minimum absolute atomic E-state index is 0.227. The van der Waals surface area contributed by atoms with Gasteiger partial charge in [0.2, 0.25) is 0 Å². The topological polar surface area (TPSA) is 86.2 Å². The number of H-pyrrole nitrogens is 1. The number of hydrogen-bond acceptors (Lipinski definition) is 5. The van der Waals surface area contributed by atoms with Crippen molar-refractivity contribution in [2.75, 3.05) is 13.7 Å². The fourth-order valence-electron chi connectivity index (χ4n) is 2.77. The minimum Gasteiger partial charge on any atom is -0.464 e. The zero-order valence-electron chi connectivity index (χ0n) is 13.2. The lowest BCUT2D eigenvalue weighted by Crippen LogP contribution is -2.32. The maximum atomic E-state index is 12.8. The van der Waals surface area contributed by atoms with Crippen LogP contribution in [-0.4, -0.2) is 34.5 Å². The van der Waals surface area contributed by atoms with E-state index in [0.717, 1.165) is 24.8 Å². The van der Waals surface area contributed by atoms with Crippen LogP contribution in [0.1, 0.15) is 41.5 Å². The number of nitrogens with one attached hydrogen (secondary N) is 1. The van der Waals surface area contributed by atoms with Crippen LogP contribution >= 0.6 is 0 Å². The van der Waals surface area contributed by atoms with Crippen LogP contribution in [0.15, 0.2) is 23.1 Å². The summed E-state index contributed by atoms with van der Waals surface area (Å²) < 4.78 is 11.7. The Bertz CT molecular complexity index is 772. The summed E-state index contributed by atoms with van der Waals surface area (Å²) in [5.74, 6) is -0.473. The summed E-state index contributed by atoms with van der Waals surface area (Å²) in [5, 5.41) is 4.22. The van der Waals surface area contributed by atoms with Gasteiger partial charge in [-0.05, 0) is 43.9 Å². The highest BCUT2D eigenvalue weighted by atomic mass is 16.5. The number of carbonyl (C=O) groups is 1. The number of nitrogens with zero attached hydrogens (tertiary/aromatic N) is 2. The average Bonchev–Trinajstić information content (AvgIpc) is 3.05. The quantitative estimate of drug-likeness (QED) is 0.875. The molecule has 1 atom stereocenters. The first kappa shape index (κ1) is 15.5. The summed E-state index contributed by atoms with van der Waals surface area (Å²) in [7, 11) is 1.31. The molecule has 1 N–H and O–H groups in total. The van der Waals surface area contributed by atoms with Gasteiger partial charge >= 0.3 is 5.97 Å². The van der Waals surface area contributed by atoms with Crippen LogP contribution in [0.5, 0.6) is 0 Å². The molecule has 1 saturated heterocycles. The van der Waals surface area contributed by atoms with Gasteiger partial charge < -0.3 is 14.5 Å². The molecule has 0 spiro atoms. The van der Waals surface area contributed by atoms with Crippen LogP contribution in [0.25, 0.3) is 11.3 Å². The molecular formula is C16H19N3O4. The second-order valence-corrected chi connectivity index (χ2v) is 5.55. The first-order chi connectivity index (χ1) is 11.1. The first-order valence-corrected chi connectivity index (χ1v) is 7.59. The second-order valence-electron chi connectivity index (χ2n) is 5.55. The summed E-state index contributed by atoms with van der Waals surface area (Å²) >= 11 is 0. The zero-order valence-corrected chi connectivity index (χ0v) is 13.2. The number of aryl methyl sites for hydroxylation is 1. The number of aromatic amines is 1. The van der Waals surface area contributed by atoms with Crippen molar-refractivity contribution < 1.29 is 14.3 Å². The molecule has 7 nitrogen and oxygen atoms in total. The Morgan fingerprint density at radius 1 is 1.43 bits per heavy atom. The third kappa shape index (κ3) is 2.92. The van der Waals surface area contributed by atoms with E-state index in [1.807, 2.05) is 6.92 Å². The molecule has 23 heavy (non-hydrogen) atoms. The molecule has 1 fully saturated rings. The van der Waals surface area contributed by atoms with E-state index in [2.05, 4.69) is 14.8 Å². The van der Waals surface area contributed by atoms with Gasteiger partial charge in [-0.25, -0.2) is 9.48 Å². The zero-order chi connectivity index (χ0) is 16.4. The summed E-state index contributed by atoms with van der Waals surface area (Å²) in [5.41, 5.74) is 1.87. The number of esters is 1. The van der Waals surface area contributed by atoms with Crippen molar-refractivity contribution in [1.82, 2.24) is 14.8 Å². The third-order valence-electron chi connectivity index (χ3n) is 3.98. The molecule has 0 amide bonds. The van der Waals surface area contributed by atoms with Crippen LogP contribution in [-0.2, 0) is 9.47 Å². The molecule has 2 aromatic rings. The molecule has 7 heteroatoms. The van der Waals surface area contributed by atoms with Crippen LogP contribution in [0, 0.1) is 6.92 Å². The molecular weight excluding hydrogens is 298 g/mol. The number of rotatable bonds is 3. The average molecular weight is 317 g/mol. The normalized spacial score (nSPS) is 17.9. The number of hydrogen-bond donors (Lipinski definition) is 1. The maximum absolute atomic E-state index is 12.8. The molecule has 122 valence electrons. The van der Waals surface area contributed by atoms with Gasteiger partial charge in [0.25, 0.3) is 5.56 Å². The first-order valence-electron chi connectivity index (χ1n) is 7.59. The van der Waals surface area contributed by atoms with Crippen molar-refractivity contribution in [3.8, 4) is 11.3 Å². The van der Waals surface area contributed by atoms with Crippen molar-refractivity contribution in [1.29, 1.82) is 0 Å². The van der Waals surface area contributed by atoms with Crippen molar-refractivity contribution >= 4 is 5.97 Å². The molecule has 1 aliphatic rings. The lowest BCUT2D eigenvalue weighted by atomic mass is 10.1. The SMILES string of the molecule is COC(=O)c1ccc(-c2c(C)cnn(C3CCCCO3)c2=O)[nH]1. The van der Waals surface area contributed by atoms with Gasteiger partial charge in [0.05, 0.1) is 24.6 Å². The van der Waals surface area contributed by atoms with Gasteiger partial charge in [0.15, 0.2) is 6.23 Å². The lowest BCUT2D eigenvalue weighted by molar-refractivity contribution is -0.0423. The van der Waals surface area contributed by atoms with Gasteiger partial charge in [-0.2, -0.15) is 5.10 Å². The molecule has 2 aromatic heterocycles. The van der Waals surface area contributed by atoms with E-state index in [9.17, 15) is 9.59 Å². The number of carbonyl (C=O) groups excluding carboxylic acids is 1. The van der Waals surface area contributed by atoms with Gasteiger partial charge in [-0.1, -0.05) is 0 Å². The minimum atomic E-state index is -0.473. The van der Waals surface area contributed by atoms with Gasteiger partial charge in [-0.15, -0.1) is 0 Å². The van der Waals surface area contributed by atoms with E-state index in [1.54, 1.807) is 18.3 Å². The highest BCUT2D eigenvalue weighted by Gasteiger charge is 2.21. The monoisotopic (exact) mass is 317 g/mol. The van der Waals surface area contributed by atoms with Crippen LogP contribution in [0.3, 0.4) is 0 Å². The number of aromatic nitrogens is 3. The molecule has 3 rings (SSSR count). The van der Waals surface area contributed by atoms with Gasteiger partial charge in [0.1, 0.15) is 5.69 Å². The summed E-state index contributed by atoms with van der Waals surface area (Å²) in [6.45, 7) is 2.45. The molecule has 0 bridgehead atoms. The fourth-order valence-corrected chi connectivity index (χ4v) is 2.77. The Balaban J connectivity index is 2.03. The number of ether oxygens (including phenoxy) is 2. The third-order valence-corrected chi connectivity index (χ3v) is 3.98. The summed E-state index contributed by atoms with van der Waals surface area (Å²) in [6, 6.07) is 3.30. The van der Waals surface area contributed by atoms with Crippen molar-refractivity contribution in [3.63, 3.8) is 0 Å². The maximum Gasteiger partial charge on any atom is 0.354 e. The number of methoxy groups -OCH3 is 1. The van der Waals surface area contributed by atoms with Crippen LogP contribution in [0.4, 0.5) is 0 Å². The Hall–Kier alpha value is -2.41. The van der Waals surface area contributed by atoms with E-state index in [1.165, 1.54) is 11.8 Å². The predicted octanol–water partition coefficient (Wildman–Crippen LogP) is 2.03. The fraction of sp³-hybridized carbons (Fsp3) is 0.438. The van der Waals surface area contributed by atoms with E-state index < -0.39 is 5.97 Å². The molecule has 3 heterocycles. The van der Waals surface area contributed by atoms with E-state index >= 15 is 0 Å². The summed E-state index contributed by atoms with van der Waals surface area (Å²) in [6.07, 6.45) is 4.10.